The van der Waals surface area contributed by atoms with Gasteiger partial charge in [-0.3, -0.25) is 0 Å². The molecule has 0 amide bonds. The summed E-state index contributed by atoms with van der Waals surface area (Å²) in [5.74, 6) is 0.815. The molecule has 0 saturated carbocycles. The molecule has 0 bridgehead atoms. The summed E-state index contributed by atoms with van der Waals surface area (Å²) in [5, 5.41) is 0. The first-order valence-corrected chi connectivity index (χ1v) is 9.16. The average Bonchev–Trinajstić information content (AvgIpc) is 2.67. The molecule has 2 aromatic rings. The second kappa shape index (κ2) is 15.9. The lowest BCUT2D eigenvalue weighted by molar-refractivity contribution is 0.594. The maximum absolute atomic E-state index is 3.78. The Labute approximate surface area is 161 Å². The molecule has 0 heteroatoms. The van der Waals surface area contributed by atoms with Crippen molar-refractivity contribution in [1.29, 1.82) is 0 Å². The Balaban J connectivity index is 0.000000363. The minimum Gasteiger partial charge on any atom is -0.0985 e. The summed E-state index contributed by atoms with van der Waals surface area (Å²) in [4.78, 5) is 0. The Kier molecular flexibility index (Phi) is 14.3. The second-order valence-electron chi connectivity index (χ2n) is 6.45. The molecule has 2 rings (SSSR count). The highest BCUT2D eigenvalue weighted by Crippen LogP contribution is 2.04. The fourth-order valence-corrected chi connectivity index (χ4v) is 1.89. The predicted molar refractivity (Wildman–Crippen MR) is 121 cm³/mol. The van der Waals surface area contributed by atoms with Gasteiger partial charge in [-0.15, -0.1) is 0 Å². The van der Waals surface area contributed by atoms with Gasteiger partial charge in [0.05, 0.1) is 0 Å². The molecule has 0 heterocycles. The topological polar surface area (TPSA) is 0 Å². The number of allylic oxidation sites excluding steroid dienone is 3. The van der Waals surface area contributed by atoms with E-state index in [4.69, 9.17) is 0 Å². The van der Waals surface area contributed by atoms with E-state index < -0.39 is 0 Å². The third-order valence-electron chi connectivity index (χ3n) is 3.38. The molecule has 2 aromatic carbocycles. The Bertz CT molecular complexity index is 587. The zero-order valence-corrected chi connectivity index (χ0v) is 16.7. The van der Waals surface area contributed by atoms with Gasteiger partial charge in [-0.2, -0.15) is 0 Å². The molecule has 138 valence electrons. The van der Waals surface area contributed by atoms with Crippen LogP contribution in [0.5, 0.6) is 0 Å². The van der Waals surface area contributed by atoms with E-state index in [2.05, 4.69) is 45.7 Å². The summed E-state index contributed by atoms with van der Waals surface area (Å²) in [6, 6.07) is 20.1. The van der Waals surface area contributed by atoms with Gasteiger partial charge in [0.25, 0.3) is 0 Å². The molecule has 0 N–H and O–H groups in total. The fourth-order valence-electron chi connectivity index (χ4n) is 1.89. The first-order valence-electron chi connectivity index (χ1n) is 9.16. The molecule has 0 radical (unpaired) electrons. The molecule has 0 aliphatic heterocycles. The van der Waals surface area contributed by atoms with Crippen molar-refractivity contribution in [3.63, 3.8) is 0 Å². The highest BCUT2D eigenvalue weighted by Gasteiger charge is 1.88. The Morgan fingerprint density at radius 1 is 0.846 bits per heavy atom. The van der Waals surface area contributed by atoms with Crippen molar-refractivity contribution in [1.82, 2.24) is 0 Å². The van der Waals surface area contributed by atoms with Crippen LogP contribution in [-0.4, -0.2) is 0 Å². The number of hydrogen-bond donors (Lipinski definition) is 0. The Morgan fingerprint density at radius 3 is 1.54 bits per heavy atom. The van der Waals surface area contributed by atoms with Gasteiger partial charge in [0.1, 0.15) is 0 Å². The van der Waals surface area contributed by atoms with E-state index in [1.54, 1.807) is 0 Å². The van der Waals surface area contributed by atoms with Crippen molar-refractivity contribution in [2.75, 3.05) is 0 Å². The van der Waals surface area contributed by atoms with E-state index in [9.17, 15) is 0 Å². The molecule has 26 heavy (non-hydrogen) atoms. The van der Waals surface area contributed by atoms with Gasteiger partial charge in [-0.25, -0.2) is 0 Å². The van der Waals surface area contributed by atoms with Crippen LogP contribution in [0.25, 0.3) is 12.2 Å². The number of hydrogen-bond acceptors (Lipinski definition) is 0. The molecule has 0 unspecified atom stereocenters. The van der Waals surface area contributed by atoms with Crippen LogP contribution in [0.1, 0.15) is 44.7 Å². The van der Waals surface area contributed by atoms with Gasteiger partial charge in [-0.1, -0.05) is 124 Å². The normalized spacial score (nSPS) is 9.54. The first kappa shape index (κ1) is 23.4. The molecule has 0 aliphatic rings. The van der Waals surface area contributed by atoms with E-state index in [1.165, 1.54) is 24.0 Å². The van der Waals surface area contributed by atoms with E-state index in [0.29, 0.717) is 0 Å². The number of rotatable bonds is 6. The molecule has 0 saturated heterocycles. The maximum atomic E-state index is 3.78. The van der Waals surface area contributed by atoms with Gasteiger partial charge >= 0.3 is 0 Å². The first-order chi connectivity index (χ1) is 12.5. The second-order valence-corrected chi connectivity index (χ2v) is 6.45. The zero-order chi connectivity index (χ0) is 19.6. The molecular formula is C26H34. The van der Waals surface area contributed by atoms with Crippen LogP contribution in [0.3, 0.4) is 0 Å². The van der Waals surface area contributed by atoms with Crippen molar-refractivity contribution in [3.05, 3.63) is 109 Å². The van der Waals surface area contributed by atoms with Crippen molar-refractivity contribution < 1.29 is 0 Å². The van der Waals surface area contributed by atoms with Gasteiger partial charge in [0, 0.05) is 0 Å². The van der Waals surface area contributed by atoms with Crippen molar-refractivity contribution >= 4 is 12.2 Å². The van der Waals surface area contributed by atoms with Gasteiger partial charge in [0.15, 0.2) is 0 Å². The van der Waals surface area contributed by atoms with Crippen LogP contribution in [0.15, 0.2) is 98.1 Å². The van der Waals surface area contributed by atoms with Gasteiger partial charge < -0.3 is 0 Å². The molecule has 0 fully saturated rings. The summed E-state index contributed by atoms with van der Waals surface area (Å²) >= 11 is 0. The highest BCUT2D eigenvalue weighted by atomic mass is 13.9. The maximum Gasteiger partial charge on any atom is -0.0263 e. The van der Waals surface area contributed by atoms with Crippen molar-refractivity contribution in [3.8, 4) is 0 Å². The largest absolute Gasteiger partial charge is 0.0985 e. The van der Waals surface area contributed by atoms with Crippen LogP contribution in [-0.2, 0) is 0 Å². The summed E-state index contributed by atoms with van der Waals surface area (Å²) in [7, 11) is 0. The quantitative estimate of drug-likeness (QED) is 0.462. The van der Waals surface area contributed by atoms with E-state index >= 15 is 0 Å². The van der Waals surface area contributed by atoms with Crippen LogP contribution in [0.4, 0.5) is 0 Å². The van der Waals surface area contributed by atoms with Crippen LogP contribution in [0.2, 0.25) is 0 Å². The summed E-state index contributed by atoms with van der Waals surface area (Å²) < 4.78 is 0. The lowest BCUT2D eigenvalue weighted by atomic mass is 10.1. The number of benzene rings is 2. The van der Waals surface area contributed by atoms with Gasteiger partial charge in [-0.05, 0) is 36.8 Å². The minimum atomic E-state index is 0.815. The third-order valence-corrected chi connectivity index (χ3v) is 3.38. The standard InChI is InChI=1S/C10H18.2C8H8/c1-9(2)7-5-6-8-10(3)4;2*1-2-8-6-4-3-5-7-8/h5,7,10H,1,6,8H2,2-4H3;2*2-7H,1H2. The van der Waals surface area contributed by atoms with E-state index in [-0.39, 0.29) is 0 Å². The summed E-state index contributed by atoms with van der Waals surface area (Å²) in [6.45, 7) is 17.6. The SMILES string of the molecule is C=C(C)C=CCCC(C)C.C=Cc1ccccc1.C=Cc1ccccc1. The monoisotopic (exact) mass is 346 g/mol. The lowest BCUT2D eigenvalue weighted by Crippen LogP contribution is -1.83. The van der Waals surface area contributed by atoms with Crippen LogP contribution in [0, 0.1) is 5.92 Å². The third kappa shape index (κ3) is 15.0. The van der Waals surface area contributed by atoms with Crippen LogP contribution < -0.4 is 0 Å². The van der Waals surface area contributed by atoms with E-state index in [1.807, 2.05) is 79.7 Å². The van der Waals surface area contributed by atoms with Crippen molar-refractivity contribution in [2.24, 2.45) is 5.92 Å². The molecule has 0 nitrogen and oxygen atoms in total. The zero-order valence-electron chi connectivity index (χ0n) is 16.7. The van der Waals surface area contributed by atoms with E-state index in [0.717, 1.165) is 11.5 Å². The highest BCUT2D eigenvalue weighted by molar-refractivity contribution is 5.46. The Hall–Kier alpha value is -2.60. The van der Waals surface area contributed by atoms with Gasteiger partial charge in [0.2, 0.25) is 0 Å². The average molecular weight is 347 g/mol. The lowest BCUT2D eigenvalue weighted by Gasteiger charge is -1.98. The summed E-state index contributed by atoms with van der Waals surface area (Å²) in [5.41, 5.74) is 3.49. The Morgan fingerprint density at radius 2 is 1.27 bits per heavy atom. The molecule has 0 aromatic heterocycles. The van der Waals surface area contributed by atoms with Crippen LogP contribution >= 0.6 is 0 Å². The summed E-state index contributed by atoms with van der Waals surface area (Å²) in [6.07, 6.45) is 10.4. The predicted octanol–water partition coefficient (Wildman–Crippen LogP) is 8.21. The smallest absolute Gasteiger partial charge is 0.0263 e. The molecule has 0 atom stereocenters. The fraction of sp³-hybridized carbons (Fsp3) is 0.231. The minimum absolute atomic E-state index is 0.815. The molecule has 0 aliphatic carbocycles. The molecular weight excluding hydrogens is 312 g/mol. The van der Waals surface area contributed by atoms with Crippen molar-refractivity contribution in [2.45, 2.75) is 33.6 Å². The molecule has 0 spiro atoms.